The molecular weight excluding hydrogens is 312 g/mol. The smallest absolute Gasteiger partial charge is 0.115 e. The standard InChI is InChI=1S/C22H32O3/c1-4-6-17(3)21(14-15-23)22(25)13-10-18(7-5-2)16-19-8-11-20(24)12-9-19/h8-9,11-12,14,16,22-25H,3-7,10,13,15H2,1-2H3/b18-16+,21-14-. The van der Waals surface area contributed by atoms with Gasteiger partial charge in [-0.2, -0.15) is 0 Å². The van der Waals surface area contributed by atoms with Crippen molar-refractivity contribution >= 4 is 6.08 Å². The molecule has 0 aliphatic heterocycles. The van der Waals surface area contributed by atoms with E-state index in [2.05, 4.69) is 26.5 Å². The zero-order valence-corrected chi connectivity index (χ0v) is 15.5. The van der Waals surface area contributed by atoms with Crippen molar-refractivity contribution in [3.05, 3.63) is 59.2 Å². The summed E-state index contributed by atoms with van der Waals surface area (Å²) in [6, 6.07) is 7.14. The molecule has 1 rings (SSSR count). The number of allylic oxidation sites excluding steroid dienone is 1. The Hall–Kier alpha value is -1.84. The summed E-state index contributed by atoms with van der Waals surface area (Å²) in [4.78, 5) is 0. The van der Waals surface area contributed by atoms with Crippen LogP contribution in [0.2, 0.25) is 0 Å². The van der Waals surface area contributed by atoms with Crippen molar-refractivity contribution in [2.24, 2.45) is 0 Å². The Morgan fingerprint density at radius 2 is 1.72 bits per heavy atom. The van der Waals surface area contributed by atoms with Gasteiger partial charge in [0, 0.05) is 0 Å². The van der Waals surface area contributed by atoms with E-state index in [0.29, 0.717) is 6.42 Å². The summed E-state index contributed by atoms with van der Waals surface area (Å²) < 4.78 is 0. The lowest BCUT2D eigenvalue weighted by Crippen LogP contribution is -2.13. The van der Waals surface area contributed by atoms with Crippen molar-refractivity contribution < 1.29 is 15.3 Å². The van der Waals surface area contributed by atoms with Crippen LogP contribution >= 0.6 is 0 Å². The molecule has 1 unspecified atom stereocenters. The number of aliphatic hydroxyl groups is 2. The molecule has 3 nitrogen and oxygen atoms in total. The van der Waals surface area contributed by atoms with Gasteiger partial charge in [0.2, 0.25) is 0 Å². The normalized spacial score (nSPS) is 13.8. The van der Waals surface area contributed by atoms with Crippen molar-refractivity contribution in [1.29, 1.82) is 0 Å². The molecule has 1 aromatic rings. The van der Waals surface area contributed by atoms with E-state index in [9.17, 15) is 15.3 Å². The van der Waals surface area contributed by atoms with E-state index in [0.717, 1.165) is 48.8 Å². The first-order valence-corrected chi connectivity index (χ1v) is 9.17. The van der Waals surface area contributed by atoms with Crippen LogP contribution in [0.4, 0.5) is 0 Å². The molecule has 0 saturated carbocycles. The molecule has 1 atom stereocenters. The molecule has 0 fully saturated rings. The van der Waals surface area contributed by atoms with E-state index in [4.69, 9.17) is 0 Å². The molecule has 0 bridgehead atoms. The highest BCUT2D eigenvalue weighted by molar-refractivity contribution is 5.53. The quantitative estimate of drug-likeness (QED) is 0.496. The van der Waals surface area contributed by atoms with Crippen LogP contribution in [0.25, 0.3) is 6.08 Å². The summed E-state index contributed by atoms with van der Waals surface area (Å²) >= 11 is 0. The zero-order valence-electron chi connectivity index (χ0n) is 15.5. The fourth-order valence-electron chi connectivity index (χ4n) is 2.93. The average molecular weight is 344 g/mol. The van der Waals surface area contributed by atoms with Crippen LogP contribution in [0.15, 0.2) is 53.6 Å². The second-order valence-corrected chi connectivity index (χ2v) is 6.39. The van der Waals surface area contributed by atoms with Gasteiger partial charge in [0.1, 0.15) is 5.75 Å². The lowest BCUT2D eigenvalue weighted by atomic mass is 9.92. The minimum atomic E-state index is -0.605. The average Bonchev–Trinajstić information content (AvgIpc) is 2.59. The highest BCUT2D eigenvalue weighted by Crippen LogP contribution is 2.24. The molecule has 0 saturated heterocycles. The summed E-state index contributed by atoms with van der Waals surface area (Å²) in [5, 5.41) is 29.2. The SMILES string of the molecule is C=C(CCC)/C(=C/CO)C(O)CC/C(=C/c1ccc(O)cc1)CCC. The van der Waals surface area contributed by atoms with E-state index in [1.165, 1.54) is 5.57 Å². The predicted octanol–water partition coefficient (Wildman–Crippen LogP) is 4.99. The van der Waals surface area contributed by atoms with Gasteiger partial charge in [-0.15, -0.1) is 0 Å². The van der Waals surface area contributed by atoms with E-state index >= 15 is 0 Å². The van der Waals surface area contributed by atoms with Gasteiger partial charge in [-0.1, -0.05) is 63.1 Å². The first kappa shape index (κ1) is 21.2. The second-order valence-electron chi connectivity index (χ2n) is 6.39. The monoisotopic (exact) mass is 344 g/mol. The molecule has 0 amide bonds. The van der Waals surface area contributed by atoms with Crippen molar-refractivity contribution in [3.8, 4) is 5.75 Å². The third-order valence-electron chi connectivity index (χ3n) is 4.20. The Morgan fingerprint density at radius 3 is 2.28 bits per heavy atom. The molecule has 0 radical (unpaired) electrons. The maximum absolute atomic E-state index is 10.6. The fraction of sp³-hybridized carbons (Fsp3) is 0.455. The van der Waals surface area contributed by atoms with Crippen molar-refractivity contribution in [1.82, 2.24) is 0 Å². The fourth-order valence-corrected chi connectivity index (χ4v) is 2.93. The van der Waals surface area contributed by atoms with E-state index in [1.54, 1.807) is 18.2 Å². The number of rotatable bonds is 11. The Bertz CT molecular complexity index is 582. The molecule has 3 heteroatoms. The third kappa shape index (κ3) is 7.72. The van der Waals surface area contributed by atoms with Gasteiger partial charge in [-0.3, -0.25) is 0 Å². The van der Waals surface area contributed by atoms with Gasteiger partial charge in [0.25, 0.3) is 0 Å². The third-order valence-corrected chi connectivity index (χ3v) is 4.20. The first-order chi connectivity index (χ1) is 12.0. The topological polar surface area (TPSA) is 60.7 Å². The molecule has 0 aliphatic carbocycles. The van der Waals surface area contributed by atoms with Crippen LogP contribution in [-0.4, -0.2) is 28.0 Å². The van der Waals surface area contributed by atoms with Crippen LogP contribution < -0.4 is 0 Å². The molecule has 1 aromatic carbocycles. The van der Waals surface area contributed by atoms with Crippen molar-refractivity contribution in [2.45, 2.75) is 58.5 Å². The molecule has 3 N–H and O–H groups in total. The lowest BCUT2D eigenvalue weighted by Gasteiger charge is -2.18. The van der Waals surface area contributed by atoms with Crippen LogP contribution in [-0.2, 0) is 0 Å². The molecule has 0 aromatic heterocycles. The predicted molar refractivity (Wildman–Crippen MR) is 105 cm³/mol. The van der Waals surface area contributed by atoms with Gasteiger partial charge in [0.15, 0.2) is 0 Å². The second kappa shape index (κ2) is 11.7. The Labute approximate surface area is 152 Å². The number of phenols is 1. The minimum Gasteiger partial charge on any atom is -0.508 e. The van der Waals surface area contributed by atoms with E-state index in [-0.39, 0.29) is 12.4 Å². The van der Waals surface area contributed by atoms with Crippen LogP contribution in [0.5, 0.6) is 5.75 Å². The number of benzene rings is 1. The van der Waals surface area contributed by atoms with Crippen LogP contribution in [0, 0.1) is 0 Å². The largest absolute Gasteiger partial charge is 0.508 e. The molecule has 25 heavy (non-hydrogen) atoms. The van der Waals surface area contributed by atoms with Gasteiger partial charge < -0.3 is 15.3 Å². The molecular formula is C22H32O3. The minimum absolute atomic E-state index is 0.0830. The molecule has 0 heterocycles. The number of aliphatic hydroxyl groups excluding tert-OH is 2. The number of phenolic OH excluding ortho intramolecular Hbond substituents is 1. The van der Waals surface area contributed by atoms with Gasteiger partial charge in [0.05, 0.1) is 12.7 Å². The van der Waals surface area contributed by atoms with Gasteiger partial charge >= 0.3 is 0 Å². The summed E-state index contributed by atoms with van der Waals surface area (Å²) in [6.07, 6.45) is 8.41. The van der Waals surface area contributed by atoms with E-state index in [1.807, 2.05) is 12.1 Å². The molecule has 0 aliphatic rings. The van der Waals surface area contributed by atoms with Crippen LogP contribution in [0.3, 0.4) is 0 Å². The van der Waals surface area contributed by atoms with Gasteiger partial charge in [-0.05, 0) is 54.5 Å². The number of hydrogen-bond donors (Lipinski definition) is 3. The van der Waals surface area contributed by atoms with Crippen molar-refractivity contribution in [2.75, 3.05) is 6.61 Å². The maximum atomic E-state index is 10.6. The first-order valence-electron chi connectivity index (χ1n) is 9.17. The number of hydrogen-bond acceptors (Lipinski definition) is 3. The lowest BCUT2D eigenvalue weighted by molar-refractivity contribution is 0.200. The Morgan fingerprint density at radius 1 is 1.08 bits per heavy atom. The molecule has 138 valence electrons. The Kier molecular flexibility index (Phi) is 9.90. The van der Waals surface area contributed by atoms with Crippen LogP contribution in [0.1, 0.15) is 57.9 Å². The Balaban J connectivity index is 2.79. The summed E-state index contributed by atoms with van der Waals surface area (Å²) in [5.41, 5.74) is 4.00. The maximum Gasteiger partial charge on any atom is 0.115 e. The van der Waals surface area contributed by atoms with Gasteiger partial charge in [-0.25, -0.2) is 0 Å². The summed E-state index contributed by atoms with van der Waals surface area (Å²) in [7, 11) is 0. The molecule has 0 spiro atoms. The van der Waals surface area contributed by atoms with E-state index < -0.39 is 6.10 Å². The van der Waals surface area contributed by atoms with Crippen molar-refractivity contribution in [3.63, 3.8) is 0 Å². The highest BCUT2D eigenvalue weighted by Gasteiger charge is 2.14. The summed E-state index contributed by atoms with van der Waals surface area (Å²) in [5.74, 6) is 0.262. The summed E-state index contributed by atoms with van der Waals surface area (Å²) in [6.45, 7) is 8.18. The number of aromatic hydroxyl groups is 1. The zero-order chi connectivity index (χ0) is 18.7. The highest BCUT2D eigenvalue weighted by atomic mass is 16.3.